The summed E-state index contributed by atoms with van der Waals surface area (Å²) in [5.74, 6) is -0.216. The third-order valence-electron chi connectivity index (χ3n) is 3.77. The first kappa shape index (κ1) is 15.8. The lowest BCUT2D eigenvalue weighted by atomic mass is 9.95. The summed E-state index contributed by atoms with van der Waals surface area (Å²) in [6, 6.07) is 7.29. The van der Waals surface area contributed by atoms with Crippen LogP contribution in [0.2, 0.25) is 0 Å². The van der Waals surface area contributed by atoms with E-state index in [-0.39, 0.29) is 11.5 Å². The Morgan fingerprint density at radius 1 is 1.32 bits per heavy atom. The molecule has 0 bridgehead atoms. The largest absolute Gasteiger partial charge is 0.394 e. The molecule has 2 aromatic rings. The number of ketones is 1. The highest BCUT2D eigenvalue weighted by molar-refractivity contribution is 6.13. The second-order valence-electron chi connectivity index (χ2n) is 5.47. The number of pyridine rings is 1. The van der Waals surface area contributed by atoms with Gasteiger partial charge in [0.05, 0.1) is 5.56 Å². The van der Waals surface area contributed by atoms with E-state index in [2.05, 4.69) is 4.98 Å². The van der Waals surface area contributed by atoms with Crippen LogP contribution in [0.5, 0.6) is 0 Å². The normalized spacial score (nSPS) is 10.5. The van der Waals surface area contributed by atoms with Crippen molar-refractivity contribution in [2.45, 2.75) is 20.3 Å². The second kappa shape index (κ2) is 6.05. The van der Waals surface area contributed by atoms with Crippen LogP contribution in [0.3, 0.4) is 0 Å². The van der Waals surface area contributed by atoms with E-state index in [9.17, 15) is 9.59 Å². The summed E-state index contributed by atoms with van der Waals surface area (Å²) < 4.78 is 0. The van der Waals surface area contributed by atoms with Gasteiger partial charge in [0.15, 0.2) is 5.78 Å². The van der Waals surface area contributed by atoms with Crippen molar-refractivity contribution in [1.29, 1.82) is 0 Å². The first-order chi connectivity index (χ1) is 10.4. The summed E-state index contributed by atoms with van der Waals surface area (Å²) in [6.07, 6.45) is 0.626. The highest BCUT2D eigenvalue weighted by atomic mass is 16.1. The Bertz CT molecular complexity index is 776. The van der Waals surface area contributed by atoms with Crippen LogP contribution in [0, 0.1) is 6.92 Å². The molecule has 0 fully saturated rings. The van der Waals surface area contributed by atoms with E-state index in [0.29, 0.717) is 23.2 Å². The molecule has 0 aliphatic carbocycles. The van der Waals surface area contributed by atoms with Crippen molar-refractivity contribution in [1.82, 2.24) is 4.98 Å². The smallest absolute Gasteiger partial charge is 0.272 e. The standard InChI is InChI=1S/C17H21N3O2/c1-5-13-10(2)19-17(22)15(18)14(13)16(21)11-7-6-8-12(9-11)20(3)4/h6-9H,5,18H2,1-4H3,(H,19,22). The Morgan fingerprint density at radius 3 is 2.59 bits per heavy atom. The molecule has 0 saturated carbocycles. The number of rotatable bonds is 4. The van der Waals surface area contributed by atoms with Crippen LogP contribution in [0.1, 0.15) is 34.1 Å². The van der Waals surface area contributed by atoms with Crippen LogP contribution < -0.4 is 16.2 Å². The third-order valence-corrected chi connectivity index (χ3v) is 3.77. The number of anilines is 2. The molecule has 2 rings (SSSR count). The molecular formula is C17H21N3O2. The van der Waals surface area contributed by atoms with E-state index in [1.165, 1.54) is 0 Å². The van der Waals surface area contributed by atoms with E-state index in [0.717, 1.165) is 11.3 Å². The highest BCUT2D eigenvalue weighted by Gasteiger charge is 2.20. The zero-order valence-electron chi connectivity index (χ0n) is 13.4. The minimum Gasteiger partial charge on any atom is -0.394 e. The number of nitrogens with one attached hydrogen (secondary N) is 1. The van der Waals surface area contributed by atoms with Crippen molar-refractivity contribution in [2.75, 3.05) is 24.7 Å². The number of H-pyrrole nitrogens is 1. The highest BCUT2D eigenvalue weighted by Crippen LogP contribution is 2.23. The first-order valence-electron chi connectivity index (χ1n) is 7.20. The molecule has 1 aromatic heterocycles. The summed E-state index contributed by atoms with van der Waals surface area (Å²) in [7, 11) is 3.82. The van der Waals surface area contributed by atoms with Gasteiger partial charge in [0.1, 0.15) is 5.69 Å². The van der Waals surface area contributed by atoms with Gasteiger partial charge in [0, 0.05) is 31.0 Å². The Balaban J connectivity index is 2.64. The zero-order chi connectivity index (χ0) is 16.4. The molecule has 0 aliphatic heterocycles. The summed E-state index contributed by atoms with van der Waals surface area (Å²) in [6.45, 7) is 3.72. The van der Waals surface area contributed by atoms with Crippen molar-refractivity contribution in [2.24, 2.45) is 0 Å². The minimum absolute atomic E-state index is 0.0114. The van der Waals surface area contributed by atoms with Gasteiger partial charge in [0.2, 0.25) is 0 Å². The Kier molecular flexibility index (Phi) is 4.35. The minimum atomic E-state index is -0.415. The van der Waals surface area contributed by atoms with Crippen LogP contribution in [0.4, 0.5) is 11.4 Å². The number of nitrogens with two attached hydrogens (primary N) is 1. The fourth-order valence-electron chi connectivity index (χ4n) is 2.55. The number of nitrogens with zero attached hydrogens (tertiary/aromatic N) is 1. The molecule has 0 amide bonds. The molecule has 3 N–H and O–H groups in total. The topological polar surface area (TPSA) is 79.2 Å². The van der Waals surface area contributed by atoms with Crippen LogP contribution in [0.15, 0.2) is 29.1 Å². The lowest BCUT2D eigenvalue weighted by Crippen LogP contribution is -2.22. The lowest BCUT2D eigenvalue weighted by molar-refractivity contribution is 0.103. The molecule has 5 nitrogen and oxygen atoms in total. The van der Waals surface area contributed by atoms with Crippen molar-refractivity contribution in [3.05, 3.63) is 57.0 Å². The number of hydrogen-bond acceptors (Lipinski definition) is 4. The molecule has 0 spiro atoms. The average molecular weight is 299 g/mol. The number of aryl methyl sites for hydroxylation is 1. The molecule has 22 heavy (non-hydrogen) atoms. The molecule has 0 unspecified atom stereocenters. The van der Waals surface area contributed by atoms with Crippen LogP contribution in [0.25, 0.3) is 0 Å². The van der Waals surface area contributed by atoms with Crippen molar-refractivity contribution in [3.8, 4) is 0 Å². The molecule has 0 saturated heterocycles. The van der Waals surface area contributed by atoms with Gasteiger partial charge in [-0.3, -0.25) is 9.59 Å². The second-order valence-corrected chi connectivity index (χ2v) is 5.47. The fraction of sp³-hybridized carbons (Fsp3) is 0.294. The summed E-state index contributed by atoms with van der Waals surface area (Å²) in [5.41, 5.74) is 8.71. The van der Waals surface area contributed by atoms with Crippen molar-refractivity contribution < 1.29 is 4.79 Å². The number of carbonyl (C=O) groups excluding carboxylic acids is 1. The quantitative estimate of drug-likeness (QED) is 0.848. The predicted molar refractivity (Wildman–Crippen MR) is 89.8 cm³/mol. The number of benzene rings is 1. The number of hydrogen-bond donors (Lipinski definition) is 2. The SMILES string of the molecule is CCc1c(C)[nH]c(=O)c(N)c1C(=O)c1cccc(N(C)C)c1. The van der Waals surface area contributed by atoms with Gasteiger partial charge in [-0.1, -0.05) is 19.1 Å². The molecule has 0 radical (unpaired) electrons. The number of aromatic nitrogens is 1. The summed E-state index contributed by atoms with van der Waals surface area (Å²) >= 11 is 0. The number of nitrogen functional groups attached to an aromatic ring is 1. The summed E-state index contributed by atoms with van der Waals surface area (Å²) in [4.78, 5) is 29.4. The van der Waals surface area contributed by atoms with Crippen molar-refractivity contribution >= 4 is 17.2 Å². The van der Waals surface area contributed by atoms with Crippen molar-refractivity contribution in [3.63, 3.8) is 0 Å². The van der Waals surface area contributed by atoms with Gasteiger partial charge < -0.3 is 15.6 Å². The molecular weight excluding hydrogens is 278 g/mol. The van der Waals surface area contributed by atoms with E-state index in [4.69, 9.17) is 5.73 Å². The molecule has 5 heteroatoms. The van der Waals surface area contributed by atoms with Gasteiger partial charge in [-0.2, -0.15) is 0 Å². The maximum atomic E-state index is 12.9. The van der Waals surface area contributed by atoms with E-state index >= 15 is 0 Å². The Labute approximate surface area is 129 Å². The fourth-order valence-corrected chi connectivity index (χ4v) is 2.55. The van der Waals surface area contributed by atoms with Gasteiger partial charge in [-0.25, -0.2) is 0 Å². The number of aromatic amines is 1. The van der Waals surface area contributed by atoms with Crippen LogP contribution in [-0.4, -0.2) is 24.9 Å². The van der Waals surface area contributed by atoms with Gasteiger partial charge in [-0.15, -0.1) is 0 Å². The average Bonchev–Trinajstić information content (AvgIpc) is 2.50. The zero-order valence-corrected chi connectivity index (χ0v) is 13.4. The third kappa shape index (κ3) is 2.74. The molecule has 116 valence electrons. The summed E-state index contributed by atoms with van der Waals surface area (Å²) in [5, 5.41) is 0. The first-order valence-corrected chi connectivity index (χ1v) is 7.20. The van der Waals surface area contributed by atoms with E-state index in [1.807, 2.05) is 38.1 Å². The monoisotopic (exact) mass is 299 g/mol. The van der Waals surface area contributed by atoms with Gasteiger partial charge >= 0.3 is 0 Å². The molecule has 1 heterocycles. The van der Waals surface area contributed by atoms with Gasteiger partial charge in [0.25, 0.3) is 5.56 Å². The van der Waals surface area contributed by atoms with Crippen LogP contribution >= 0.6 is 0 Å². The maximum absolute atomic E-state index is 12.9. The molecule has 0 aliphatic rings. The number of carbonyl (C=O) groups is 1. The Morgan fingerprint density at radius 2 is 2.00 bits per heavy atom. The Hall–Kier alpha value is -2.56. The molecule has 1 aromatic carbocycles. The molecule has 0 atom stereocenters. The predicted octanol–water partition coefficient (Wildman–Crippen LogP) is 2.12. The van der Waals surface area contributed by atoms with Gasteiger partial charge in [-0.05, 0) is 31.0 Å². The van der Waals surface area contributed by atoms with Crippen LogP contribution in [-0.2, 0) is 6.42 Å². The maximum Gasteiger partial charge on any atom is 0.272 e. The van der Waals surface area contributed by atoms with E-state index in [1.54, 1.807) is 19.1 Å². The van der Waals surface area contributed by atoms with E-state index < -0.39 is 5.56 Å². The lowest BCUT2D eigenvalue weighted by Gasteiger charge is -2.15.